The van der Waals surface area contributed by atoms with Crippen molar-refractivity contribution in [1.29, 1.82) is 0 Å². The van der Waals surface area contributed by atoms with Crippen molar-refractivity contribution < 1.29 is 0 Å². The van der Waals surface area contributed by atoms with Crippen molar-refractivity contribution in [3.63, 3.8) is 0 Å². The standard InChI is InChI=1S/C5H11NS2/c1-5(2)3-6(7)8-4-5/h7H,3-4H2,1-2H3. The van der Waals surface area contributed by atoms with E-state index >= 15 is 0 Å². The molecule has 1 fully saturated rings. The molecular weight excluding hydrogens is 138 g/mol. The van der Waals surface area contributed by atoms with Gasteiger partial charge >= 0.3 is 0 Å². The van der Waals surface area contributed by atoms with Crippen LogP contribution in [0.2, 0.25) is 0 Å². The summed E-state index contributed by atoms with van der Waals surface area (Å²) in [5.74, 6) is 1.20. The Kier molecular flexibility index (Phi) is 1.80. The van der Waals surface area contributed by atoms with Gasteiger partial charge in [-0.1, -0.05) is 38.6 Å². The molecule has 0 aromatic carbocycles. The van der Waals surface area contributed by atoms with Crippen LogP contribution in [-0.4, -0.2) is 16.0 Å². The quantitative estimate of drug-likeness (QED) is 0.413. The zero-order chi connectivity index (χ0) is 6.20. The third-order valence-electron chi connectivity index (χ3n) is 1.17. The second kappa shape index (κ2) is 2.12. The van der Waals surface area contributed by atoms with Crippen molar-refractivity contribution in [2.75, 3.05) is 12.3 Å². The van der Waals surface area contributed by atoms with E-state index in [9.17, 15) is 0 Å². The van der Waals surface area contributed by atoms with Crippen LogP contribution in [0.25, 0.3) is 0 Å². The van der Waals surface area contributed by atoms with Crippen LogP contribution >= 0.6 is 24.8 Å². The molecule has 1 rings (SSSR count). The average Bonchev–Trinajstić information content (AvgIpc) is 1.82. The van der Waals surface area contributed by atoms with Crippen molar-refractivity contribution in [3.8, 4) is 0 Å². The lowest BCUT2D eigenvalue weighted by molar-refractivity contribution is 0.412. The summed E-state index contributed by atoms with van der Waals surface area (Å²) in [6.45, 7) is 5.62. The molecular formula is C5H11NS2. The maximum atomic E-state index is 4.20. The number of thiol groups is 1. The third-order valence-corrected chi connectivity index (χ3v) is 2.99. The predicted molar refractivity (Wildman–Crippen MR) is 41.9 cm³/mol. The monoisotopic (exact) mass is 149 g/mol. The Hall–Kier alpha value is 0.660. The molecule has 1 aliphatic rings. The first-order valence-electron chi connectivity index (χ1n) is 2.69. The molecule has 0 N–H and O–H groups in total. The summed E-state index contributed by atoms with van der Waals surface area (Å²) in [6, 6.07) is 0. The maximum absolute atomic E-state index is 4.20. The lowest BCUT2D eigenvalue weighted by Gasteiger charge is -2.13. The highest BCUT2D eigenvalue weighted by atomic mass is 32.2. The summed E-state index contributed by atoms with van der Waals surface area (Å²) in [4.78, 5) is 0. The van der Waals surface area contributed by atoms with Crippen molar-refractivity contribution >= 4 is 24.8 Å². The Balaban J connectivity index is 2.44. The zero-order valence-electron chi connectivity index (χ0n) is 5.22. The third kappa shape index (κ3) is 1.57. The van der Waals surface area contributed by atoms with E-state index in [2.05, 4.69) is 26.7 Å². The lowest BCUT2D eigenvalue weighted by Crippen LogP contribution is -2.16. The topological polar surface area (TPSA) is 3.24 Å². The van der Waals surface area contributed by atoms with Gasteiger partial charge in [0.25, 0.3) is 0 Å². The van der Waals surface area contributed by atoms with Gasteiger partial charge in [0, 0.05) is 12.3 Å². The molecule has 0 bridgehead atoms. The summed E-state index contributed by atoms with van der Waals surface area (Å²) in [5, 5.41) is 0. The van der Waals surface area contributed by atoms with E-state index in [0.29, 0.717) is 5.41 Å². The fraction of sp³-hybridized carbons (Fsp3) is 1.00. The first-order chi connectivity index (χ1) is 3.60. The van der Waals surface area contributed by atoms with Gasteiger partial charge in [0.1, 0.15) is 0 Å². The Morgan fingerprint density at radius 3 is 2.38 bits per heavy atom. The molecule has 1 nitrogen and oxygen atoms in total. The van der Waals surface area contributed by atoms with Gasteiger partial charge in [-0.2, -0.15) is 3.71 Å². The fourth-order valence-corrected chi connectivity index (χ4v) is 2.29. The molecule has 1 saturated heterocycles. The fourth-order valence-electron chi connectivity index (χ4n) is 0.707. The van der Waals surface area contributed by atoms with E-state index in [1.807, 2.05) is 3.71 Å². The molecule has 0 aliphatic carbocycles. The number of rotatable bonds is 0. The molecule has 8 heavy (non-hydrogen) atoms. The lowest BCUT2D eigenvalue weighted by atomic mass is 9.97. The molecule has 0 atom stereocenters. The van der Waals surface area contributed by atoms with E-state index < -0.39 is 0 Å². The minimum Gasteiger partial charge on any atom is -0.197 e. The van der Waals surface area contributed by atoms with Crippen LogP contribution in [0.4, 0.5) is 0 Å². The van der Waals surface area contributed by atoms with Gasteiger partial charge in [-0.3, -0.25) is 0 Å². The summed E-state index contributed by atoms with van der Waals surface area (Å²) in [6.07, 6.45) is 0. The highest BCUT2D eigenvalue weighted by Gasteiger charge is 2.28. The second-order valence-corrected chi connectivity index (χ2v) is 4.69. The predicted octanol–water partition coefficient (Wildman–Crippen LogP) is 1.82. The zero-order valence-corrected chi connectivity index (χ0v) is 6.93. The Morgan fingerprint density at radius 2 is 2.25 bits per heavy atom. The molecule has 3 heteroatoms. The van der Waals surface area contributed by atoms with Gasteiger partial charge < -0.3 is 0 Å². The van der Waals surface area contributed by atoms with Gasteiger partial charge in [-0.25, -0.2) is 0 Å². The highest BCUT2D eigenvalue weighted by Crippen LogP contribution is 2.35. The average molecular weight is 149 g/mol. The highest BCUT2D eigenvalue weighted by molar-refractivity contribution is 8.05. The molecule has 1 heterocycles. The van der Waals surface area contributed by atoms with Crippen LogP contribution < -0.4 is 0 Å². The van der Waals surface area contributed by atoms with Crippen LogP contribution in [-0.2, 0) is 0 Å². The molecule has 0 aromatic rings. The van der Waals surface area contributed by atoms with E-state index in [1.165, 1.54) is 5.75 Å². The molecule has 0 unspecified atom stereocenters. The van der Waals surface area contributed by atoms with Gasteiger partial charge in [0.2, 0.25) is 0 Å². The SMILES string of the molecule is CC1(C)CSN(S)C1. The van der Waals surface area contributed by atoms with Crippen LogP contribution in [0.3, 0.4) is 0 Å². The summed E-state index contributed by atoms with van der Waals surface area (Å²) < 4.78 is 2.00. The summed E-state index contributed by atoms with van der Waals surface area (Å²) >= 11 is 6.00. The van der Waals surface area contributed by atoms with Crippen LogP contribution in [0.15, 0.2) is 0 Å². The molecule has 0 amide bonds. The van der Waals surface area contributed by atoms with Crippen LogP contribution in [0, 0.1) is 5.41 Å². The van der Waals surface area contributed by atoms with Crippen molar-refractivity contribution in [3.05, 3.63) is 0 Å². The molecule has 1 aliphatic heterocycles. The first-order valence-corrected chi connectivity index (χ1v) is 4.04. The van der Waals surface area contributed by atoms with E-state index in [-0.39, 0.29) is 0 Å². The Morgan fingerprint density at radius 1 is 1.62 bits per heavy atom. The second-order valence-electron chi connectivity index (χ2n) is 2.95. The minimum absolute atomic E-state index is 0.479. The van der Waals surface area contributed by atoms with E-state index in [1.54, 1.807) is 11.9 Å². The molecule has 0 aromatic heterocycles. The van der Waals surface area contributed by atoms with E-state index in [4.69, 9.17) is 0 Å². The maximum Gasteiger partial charge on any atom is 0.0259 e. The first kappa shape index (κ1) is 6.78. The van der Waals surface area contributed by atoms with Crippen LogP contribution in [0.1, 0.15) is 13.8 Å². The van der Waals surface area contributed by atoms with Gasteiger partial charge in [0.05, 0.1) is 0 Å². The molecule has 48 valence electrons. The number of hydrogen-bond acceptors (Lipinski definition) is 3. The Bertz CT molecular complexity index is 92.4. The largest absolute Gasteiger partial charge is 0.197 e. The summed E-state index contributed by atoms with van der Waals surface area (Å²) in [5.41, 5.74) is 0.479. The van der Waals surface area contributed by atoms with Crippen molar-refractivity contribution in [2.24, 2.45) is 5.41 Å². The van der Waals surface area contributed by atoms with Crippen molar-refractivity contribution in [2.45, 2.75) is 13.8 Å². The normalized spacial score (nSPS) is 28.9. The van der Waals surface area contributed by atoms with E-state index in [0.717, 1.165) is 6.54 Å². The van der Waals surface area contributed by atoms with Crippen molar-refractivity contribution in [1.82, 2.24) is 3.71 Å². The number of hydrogen-bond donors (Lipinski definition) is 1. The molecule has 0 radical (unpaired) electrons. The smallest absolute Gasteiger partial charge is 0.0259 e. The summed E-state index contributed by atoms with van der Waals surface area (Å²) in [7, 11) is 0. The molecule has 0 saturated carbocycles. The van der Waals surface area contributed by atoms with Gasteiger partial charge in [-0.15, -0.1) is 0 Å². The van der Waals surface area contributed by atoms with Gasteiger partial charge in [-0.05, 0) is 5.41 Å². The van der Waals surface area contributed by atoms with Gasteiger partial charge in [0.15, 0.2) is 0 Å². The van der Waals surface area contributed by atoms with Crippen LogP contribution in [0.5, 0.6) is 0 Å². The Labute approximate surface area is 60.5 Å². The number of nitrogens with zero attached hydrogens (tertiary/aromatic N) is 1. The minimum atomic E-state index is 0.479. The molecule has 0 spiro atoms.